The summed E-state index contributed by atoms with van der Waals surface area (Å²) in [5, 5.41) is 4.59. The molecular formula is C9H15N3OS3. The number of nitrogens with one attached hydrogen (secondary N) is 2. The Kier molecular flexibility index (Phi) is 7.45. The first-order valence-corrected chi connectivity index (χ1v) is 7.95. The van der Waals surface area contributed by atoms with Crippen LogP contribution in [0.2, 0.25) is 0 Å². The van der Waals surface area contributed by atoms with Crippen molar-refractivity contribution in [2.75, 3.05) is 24.3 Å². The van der Waals surface area contributed by atoms with E-state index in [1.54, 1.807) is 18.4 Å². The fraction of sp³-hybridized carbons (Fsp3) is 0.556. The number of thioether (sulfide) groups is 1. The molecule has 0 spiro atoms. The van der Waals surface area contributed by atoms with E-state index in [-0.39, 0.29) is 6.03 Å². The van der Waals surface area contributed by atoms with Crippen LogP contribution in [0.25, 0.3) is 0 Å². The van der Waals surface area contributed by atoms with Gasteiger partial charge in [-0.1, -0.05) is 0 Å². The molecule has 0 atom stereocenters. The zero-order chi connectivity index (χ0) is 11.6. The molecule has 1 heterocycles. The van der Waals surface area contributed by atoms with Crippen LogP contribution in [0, 0.1) is 0 Å². The zero-order valence-electron chi connectivity index (χ0n) is 9.06. The van der Waals surface area contributed by atoms with Gasteiger partial charge in [0.05, 0.1) is 11.2 Å². The Morgan fingerprint density at radius 1 is 1.50 bits per heavy atom. The van der Waals surface area contributed by atoms with Gasteiger partial charge in [0.1, 0.15) is 0 Å². The molecule has 0 unspecified atom stereocenters. The van der Waals surface area contributed by atoms with Gasteiger partial charge in [-0.2, -0.15) is 11.8 Å². The molecule has 1 aromatic rings. The predicted molar refractivity (Wildman–Crippen MR) is 73.2 cm³/mol. The van der Waals surface area contributed by atoms with Gasteiger partial charge in [0.2, 0.25) is 0 Å². The van der Waals surface area contributed by atoms with Gasteiger partial charge < -0.3 is 5.32 Å². The van der Waals surface area contributed by atoms with Crippen LogP contribution in [0.4, 0.5) is 4.79 Å². The first kappa shape index (κ1) is 13.7. The van der Waals surface area contributed by atoms with Gasteiger partial charge in [0.15, 0.2) is 0 Å². The number of hydrogen-bond acceptors (Lipinski definition) is 5. The second-order valence-corrected chi connectivity index (χ2v) is 5.72. The van der Waals surface area contributed by atoms with Crippen molar-refractivity contribution in [3.63, 3.8) is 0 Å². The third kappa shape index (κ3) is 6.24. The molecule has 7 heteroatoms. The van der Waals surface area contributed by atoms with Crippen LogP contribution >= 0.6 is 35.0 Å². The van der Waals surface area contributed by atoms with E-state index in [1.165, 1.54) is 17.6 Å². The molecule has 0 saturated carbocycles. The molecule has 0 radical (unpaired) electrons. The van der Waals surface area contributed by atoms with Crippen molar-refractivity contribution in [2.24, 2.45) is 0 Å². The standard InChI is InChI=1S/C9H15N3OS3/c1-10-9(13)12-16-5-4-14-3-2-8-6-15-7-11-8/h6-7H,2-5H2,1H3,(H2,10,12,13). The molecule has 0 aliphatic carbocycles. The van der Waals surface area contributed by atoms with Crippen molar-refractivity contribution in [3.05, 3.63) is 16.6 Å². The molecule has 1 rings (SSSR count). The van der Waals surface area contributed by atoms with Gasteiger partial charge in [0, 0.05) is 23.9 Å². The minimum absolute atomic E-state index is 0.141. The quantitative estimate of drug-likeness (QED) is 0.591. The highest BCUT2D eigenvalue weighted by atomic mass is 32.2. The number of aromatic nitrogens is 1. The maximum atomic E-state index is 10.8. The van der Waals surface area contributed by atoms with Gasteiger partial charge in [0.25, 0.3) is 0 Å². The van der Waals surface area contributed by atoms with Crippen LogP contribution in [0.5, 0.6) is 0 Å². The van der Waals surface area contributed by atoms with Crippen LogP contribution in [-0.2, 0) is 6.42 Å². The molecule has 0 fully saturated rings. The summed E-state index contributed by atoms with van der Waals surface area (Å²) in [6, 6.07) is -0.141. The van der Waals surface area contributed by atoms with E-state index in [9.17, 15) is 4.79 Å². The largest absolute Gasteiger partial charge is 0.341 e. The van der Waals surface area contributed by atoms with Crippen molar-refractivity contribution in [1.82, 2.24) is 15.0 Å². The number of hydrogen-bond donors (Lipinski definition) is 2. The summed E-state index contributed by atoms with van der Waals surface area (Å²) in [5.74, 6) is 3.05. The number of carbonyl (C=O) groups excluding carboxylic acids is 1. The first-order valence-electron chi connectivity index (χ1n) is 4.87. The van der Waals surface area contributed by atoms with Crippen molar-refractivity contribution in [3.8, 4) is 0 Å². The van der Waals surface area contributed by atoms with Gasteiger partial charge in [-0.15, -0.1) is 11.3 Å². The second-order valence-electron chi connectivity index (χ2n) is 2.87. The Bertz CT molecular complexity index is 292. The van der Waals surface area contributed by atoms with E-state index in [0.717, 1.165) is 23.7 Å². The summed E-state index contributed by atoms with van der Waals surface area (Å²) in [7, 11) is 1.61. The summed E-state index contributed by atoms with van der Waals surface area (Å²) in [5.41, 5.74) is 3.04. The Hall–Kier alpha value is -0.400. The highest BCUT2D eigenvalue weighted by Crippen LogP contribution is 2.09. The number of amides is 2. The van der Waals surface area contributed by atoms with E-state index in [0.29, 0.717) is 0 Å². The van der Waals surface area contributed by atoms with Gasteiger partial charge in [-0.3, -0.25) is 4.72 Å². The number of aryl methyl sites for hydroxylation is 1. The van der Waals surface area contributed by atoms with Gasteiger partial charge in [-0.05, 0) is 24.1 Å². The molecular weight excluding hydrogens is 262 g/mol. The first-order chi connectivity index (χ1) is 7.83. The maximum Gasteiger partial charge on any atom is 0.324 e. The normalized spacial score (nSPS) is 10.1. The Labute approximate surface area is 108 Å². The van der Waals surface area contributed by atoms with E-state index < -0.39 is 0 Å². The van der Waals surface area contributed by atoms with Gasteiger partial charge >= 0.3 is 6.03 Å². The average Bonchev–Trinajstić information content (AvgIpc) is 2.80. The lowest BCUT2D eigenvalue weighted by molar-refractivity contribution is 0.248. The lowest BCUT2D eigenvalue weighted by Crippen LogP contribution is -2.27. The Morgan fingerprint density at radius 3 is 3.06 bits per heavy atom. The lowest BCUT2D eigenvalue weighted by atomic mass is 10.4. The number of thiazole rings is 1. The average molecular weight is 277 g/mol. The summed E-state index contributed by atoms with van der Waals surface area (Å²) in [6.45, 7) is 0. The molecule has 0 aliphatic heterocycles. The zero-order valence-corrected chi connectivity index (χ0v) is 11.5. The van der Waals surface area contributed by atoms with E-state index in [4.69, 9.17) is 0 Å². The van der Waals surface area contributed by atoms with Gasteiger partial charge in [-0.25, -0.2) is 9.78 Å². The van der Waals surface area contributed by atoms with Crippen molar-refractivity contribution < 1.29 is 4.79 Å². The Balaban J connectivity index is 1.87. The van der Waals surface area contributed by atoms with Crippen molar-refractivity contribution >= 4 is 41.1 Å². The molecule has 90 valence electrons. The third-order valence-electron chi connectivity index (χ3n) is 1.71. The molecule has 0 aromatic carbocycles. The van der Waals surface area contributed by atoms with E-state index in [1.807, 2.05) is 17.3 Å². The van der Waals surface area contributed by atoms with Crippen molar-refractivity contribution in [2.45, 2.75) is 6.42 Å². The van der Waals surface area contributed by atoms with Crippen LogP contribution in [0.1, 0.15) is 5.69 Å². The SMILES string of the molecule is CNC(=O)NSCCSCCc1cscn1. The van der Waals surface area contributed by atoms with Crippen LogP contribution in [0.3, 0.4) is 0 Å². The molecule has 0 aliphatic rings. The molecule has 0 bridgehead atoms. The molecule has 0 saturated heterocycles. The van der Waals surface area contributed by atoms with Crippen LogP contribution < -0.4 is 10.0 Å². The van der Waals surface area contributed by atoms with Crippen molar-refractivity contribution in [1.29, 1.82) is 0 Å². The highest BCUT2D eigenvalue weighted by molar-refractivity contribution is 8.02. The van der Waals surface area contributed by atoms with Crippen LogP contribution in [0.15, 0.2) is 10.9 Å². The number of urea groups is 1. The lowest BCUT2D eigenvalue weighted by Gasteiger charge is -2.02. The number of nitrogens with zero attached hydrogens (tertiary/aromatic N) is 1. The smallest absolute Gasteiger partial charge is 0.324 e. The summed E-state index contributed by atoms with van der Waals surface area (Å²) in [6.07, 6.45) is 1.03. The Morgan fingerprint density at radius 2 is 2.38 bits per heavy atom. The molecule has 2 amide bonds. The molecule has 4 nitrogen and oxygen atoms in total. The fourth-order valence-electron chi connectivity index (χ4n) is 0.908. The summed E-state index contributed by atoms with van der Waals surface area (Å²) >= 11 is 4.96. The topological polar surface area (TPSA) is 54.0 Å². The fourth-order valence-corrected chi connectivity index (χ4v) is 3.20. The number of carbonyl (C=O) groups is 1. The maximum absolute atomic E-state index is 10.8. The summed E-state index contributed by atoms with van der Waals surface area (Å²) < 4.78 is 2.68. The molecule has 16 heavy (non-hydrogen) atoms. The minimum atomic E-state index is -0.141. The molecule has 2 N–H and O–H groups in total. The minimum Gasteiger partial charge on any atom is -0.341 e. The third-order valence-corrected chi connectivity index (χ3v) is 4.32. The van der Waals surface area contributed by atoms with E-state index in [2.05, 4.69) is 20.4 Å². The predicted octanol–water partition coefficient (Wildman–Crippen LogP) is 2.00. The monoisotopic (exact) mass is 277 g/mol. The number of rotatable bonds is 7. The highest BCUT2D eigenvalue weighted by Gasteiger charge is 1.97. The molecule has 1 aromatic heterocycles. The second kappa shape index (κ2) is 8.72. The summed E-state index contributed by atoms with van der Waals surface area (Å²) in [4.78, 5) is 15.0. The van der Waals surface area contributed by atoms with E-state index >= 15 is 0 Å². The van der Waals surface area contributed by atoms with Crippen LogP contribution in [-0.4, -0.2) is 35.3 Å².